The molecule has 0 radical (unpaired) electrons. The highest BCUT2D eigenvalue weighted by molar-refractivity contribution is 6.39. The molecule has 0 bridgehead atoms. The number of nitrogens with zero attached hydrogens (tertiary/aromatic N) is 1. The number of aliphatic hydroxyl groups excluding tert-OH is 2. The predicted octanol–water partition coefficient (Wildman–Crippen LogP) is 6.51. The van der Waals surface area contributed by atoms with E-state index in [1.165, 1.54) is 7.11 Å². The van der Waals surface area contributed by atoms with Crippen LogP contribution in [0.3, 0.4) is 0 Å². The number of ketones is 3. The van der Waals surface area contributed by atoms with Crippen molar-refractivity contribution in [3.63, 3.8) is 0 Å². The van der Waals surface area contributed by atoms with Crippen LogP contribution in [-0.4, -0.2) is 131 Å². The fraction of sp³-hybridized carbons (Fsp3) is 0.706. The third-order valence-electron chi connectivity index (χ3n) is 13.7. The van der Waals surface area contributed by atoms with Gasteiger partial charge in [-0.15, -0.1) is 0 Å². The first-order valence-corrected chi connectivity index (χ1v) is 23.6. The van der Waals surface area contributed by atoms with Crippen molar-refractivity contribution in [3.8, 4) is 0 Å². The smallest absolute Gasteiger partial charge is 0.326 e. The van der Waals surface area contributed by atoms with Crippen molar-refractivity contribution in [1.82, 2.24) is 4.90 Å². The molecule has 3 aliphatic rings. The molecule has 65 heavy (non-hydrogen) atoms. The lowest BCUT2D eigenvalue weighted by Crippen LogP contribution is -2.60. The van der Waals surface area contributed by atoms with Crippen molar-refractivity contribution in [3.05, 3.63) is 59.8 Å². The molecule has 0 aromatic heterocycles. The molecule has 366 valence electrons. The van der Waals surface area contributed by atoms with Crippen molar-refractivity contribution in [2.45, 2.75) is 168 Å². The van der Waals surface area contributed by atoms with Gasteiger partial charge in [-0.25, -0.2) is 4.79 Å². The summed E-state index contributed by atoms with van der Waals surface area (Å²) in [6.07, 6.45) is 17.4. The predicted molar refractivity (Wildman–Crippen MR) is 247 cm³/mol. The number of amides is 1. The van der Waals surface area contributed by atoms with Gasteiger partial charge in [0.05, 0.1) is 24.4 Å². The number of carboxylic acid groups (broad SMARTS) is 1. The number of rotatable bonds is 24. The number of methoxy groups -OCH3 is 3. The van der Waals surface area contributed by atoms with Gasteiger partial charge in [-0.05, 0) is 113 Å². The molecule has 1 amide bonds. The van der Waals surface area contributed by atoms with Crippen LogP contribution in [0.5, 0.6) is 0 Å². The van der Waals surface area contributed by atoms with Crippen LogP contribution in [0, 0.1) is 35.5 Å². The van der Waals surface area contributed by atoms with Crippen LogP contribution in [0.15, 0.2) is 59.8 Å². The molecule has 1 aliphatic carbocycles. The number of aliphatic carboxylic acids is 1. The molecular formula is C51H79NO13. The van der Waals surface area contributed by atoms with Crippen molar-refractivity contribution in [2.75, 3.05) is 27.9 Å². The lowest BCUT2D eigenvalue weighted by Gasteiger charge is -2.42. The summed E-state index contributed by atoms with van der Waals surface area (Å²) in [5.74, 6) is -7.06. The van der Waals surface area contributed by atoms with E-state index in [1.54, 1.807) is 47.1 Å². The molecule has 4 N–H and O–H groups in total. The highest BCUT2D eigenvalue weighted by Gasteiger charge is 2.52. The Bertz CT molecular complexity index is 1750. The molecule has 14 unspecified atom stereocenters. The van der Waals surface area contributed by atoms with Crippen LogP contribution in [0.1, 0.15) is 119 Å². The summed E-state index contributed by atoms with van der Waals surface area (Å²) in [6.45, 7) is 13.0. The van der Waals surface area contributed by atoms with Crippen LogP contribution < -0.4 is 0 Å². The summed E-state index contributed by atoms with van der Waals surface area (Å²) in [5, 5.41) is 42.4. The number of carboxylic acids is 1. The van der Waals surface area contributed by atoms with Crippen molar-refractivity contribution < 1.29 is 63.3 Å². The average molecular weight is 914 g/mol. The van der Waals surface area contributed by atoms with Crippen molar-refractivity contribution >= 4 is 29.2 Å². The largest absolute Gasteiger partial charge is 0.480 e. The average Bonchev–Trinajstić information content (AvgIpc) is 3.28. The zero-order valence-electron chi connectivity index (χ0n) is 40.5. The first-order chi connectivity index (χ1) is 30.7. The molecule has 0 aromatic rings. The number of piperidine rings is 1. The first kappa shape index (κ1) is 55.7. The minimum absolute atomic E-state index is 0.0173. The van der Waals surface area contributed by atoms with Crippen LogP contribution in [0.25, 0.3) is 0 Å². The Hall–Kier alpha value is -3.63. The molecular weight excluding hydrogens is 835 g/mol. The standard InChI is InChI=1S/C51H79NO13/c1-31(26-35(5)45(55)47(64-10)46(56)36(6)28-34(4)41(53)23-19-32(2)27-38-21-24-42(54)44(29-38)63-9)16-12-11-13-17-33(3)43(62-8)30-39-22-20-37(7)51(61,65-39)48(57)49(58)52-25-15-14-18-40(52)50(59)60/h11-13,16-17,19,23,28,31-32,34-35,37-40,42-44,46-47,54,56,61H,14-15,18,20-22,24-27,29-30H2,1-10H3,(H,59,60). The third-order valence-corrected chi connectivity index (χ3v) is 13.7. The highest BCUT2D eigenvalue weighted by Crippen LogP contribution is 2.37. The topological polar surface area (TPSA) is 206 Å². The molecule has 2 saturated heterocycles. The molecule has 14 atom stereocenters. The van der Waals surface area contributed by atoms with Crippen molar-refractivity contribution in [1.29, 1.82) is 0 Å². The Morgan fingerprint density at radius 1 is 0.862 bits per heavy atom. The number of likely N-dealkylation sites (tertiary alicyclic amines) is 1. The van der Waals surface area contributed by atoms with Crippen LogP contribution in [0.4, 0.5) is 0 Å². The molecule has 14 nitrogen and oxygen atoms in total. The van der Waals surface area contributed by atoms with Gasteiger partial charge in [0.25, 0.3) is 11.7 Å². The molecule has 2 aliphatic heterocycles. The number of carbonyl (C=O) groups excluding carboxylic acids is 4. The Morgan fingerprint density at radius 2 is 1.57 bits per heavy atom. The Morgan fingerprint density at radius 3 is 2.22 bits per heavy atom. The van der Waals surface area contributed by atoms with Crippen LogP contribution in [0.2, 0.25) is 0 Å². The summed E-state index contributed by atoms with van der Waals surface area (Å²) in [5.41, 5.74) is 1.35. The van der Waals surface area contributed by atoms with E-state index < -0.39 is 77.8 Å². The SMILES string of the molecule is COC(CC1CCC(C)C(O)(C(=O)C(=O)N2CCCCC2C(=O)O)O1)C(C)=CC=CC=CC(C)CC(C)C(=O)C(OC)C(O)C(C)=CC(C)C(=O)C=CC(C)CC1CCC(O)C(OC)C1. The minimum Gasteiger partial charge on any atom is -0.480 e. The molecule has 1 saturated carbocycles. The van der Waals surface area contributed by atoms with Gasteiger partial charge >= 0.3 is 5.97 Å². The van der Waals surface area contributed by atoms with E-state index in [0.29, 0.717) is 56.4 Å². The van der Waals surface area contributed by atoms with Gasteiger partial charge in [0, 0.05) is 52.0 Å². The molecule has 0 aromatic carbocycles. The zero-order valence-corrected chi connectivity index (χ0v) is 40.5. The quantitative estimate of drug-likeness (QED) is 0.0353. The molecule has 0 spiro atoms. The van der Waals surface area contributed by atoms with Gasteiger partial charge in [-0.2, -0.15) is 0 Å². The lowest BCUT2D eigenvalue weighted by molar-refractivity contribution is -0.265. The van der Waals surface area contributed by atoms with Crippen LogP contribution >= 0.6 is 0 Å². The number of Topliss-reactive ketones (excluding diaryl/α,β-unsaturated/α-hetero) is 2. The minimum atomic E-state index is -2.38. The second kappa shape index (κ2) is 26.6. The summed E-state index contributed by atoms with van der Waals surface area (Å²) in [4.78, 5) is 66.1. The monoisotopic (exact) mass is 914 g/mol. The number of allylic oxidation sites excluding steroid dienone is 8. The summed E-state index contributed by atoms with van der Waals surface area (Å²) < 4.78 is 22.7. The lowest BCUT2D eigenvalue weighted by atomic mass is 9.80. The second-order valence-corrected chi connectivity index (χ2v) is 19.0. The Balaban J connectivity index is 1.51. The Kier molecular flexibility index (Phi) is 22.8. The number of ether oxygens (including phenoxy) is 4. The van der Waals surface area contributed by atoms with Gasteiger partial charge in [0.1, 0.15) is 18.2 Å². The fourth-order valence-corrected chi connectivity index (χ4v) is 9.48. The van der Waals surface area contributed by atoms with E-state index in [2.05, 4.69) is 6.92 Å². The highest BCUT2D eigenvalue weighted by atomic mass is 16.6. The zero-order chi connectivity index (χ0) is 48.6. The number of aliphatic hydroxyl groups is 3. The maximum Gasteiger partial charge on any atom is 0.326 e. The van der Waals surface area contributed by atoms with E-state index in [1.807, 2.05) is 57.2 Å². The van der Waals surface area contributed by atoms with E-state index in [9.17, 15) is 44.4 Å². The summed E-state index contributed by atoms with van der Waals surface area (Å²) in [7, 11) is 4.58. The molecule has 3 fully saturated rings. The fourth-order valence-electron chi connectivity index (χ4n) is 9.48. The van der Waals surface area contributed by atoms with Crippen LogP contribution in [-0.2, 0) is 42.9 Å². The summed E-state index contributed by atoms with van der Waals surface area (Å²) >= 11 is 0. The van der Waals surface area contributed by atoms with Gasteiger partial charge in [0.2, 0.25) is 5.79 Å². The van der Waals surface area contributed by atoms with Crippen molar-refractivity contribution in [2.24, 2.45) is 35.5 Å². The number of hydrogen-bond donors (Lipinski definition) is 4. The van der Waals surface area contributed by atoms with Gasteiger partial charge in [-0.1, -0.05) is 77.2 Å². The first-order valence-electron chi connectivity index (χ1n) is 23.6. The number of carbonyl (C=O) groups is 5. The maximum absolute atomic E-state index is 13.5. The third kappa shape index (κ3) is 16.0. The molecule has 2 heterocycles. The maximum atomic E-state index is 13.5. The van der Waals surface area contributed by atoms with Gasteiger partial charge in [-0.3, -0.25) is 19.2 Å². The van der Waals surface area contributed by atoms with E-state index in [-0.39, 0.29) is 42.5 Å². The normalized spacial score (nSPS) is 29.3. The van der Waals surface area contributed by atoms with Gasteiger partial charge in [0.15, 0.2) is 11.6 Å². The molecule has 14 heteroatoms. The second-order valence-electron chi connectivity index (χ2n) is 19.0. The van der Waals surface area contributed by atoms with Gasteiger partial charge < -0.3 is 44.3 Å². The van der Waals surface area contributed by atoms with E-state index in [4.69, 9.17) is 18.9 Å². The summed E-state index contributed by atoms with van der Waals surface area (Å²) in [6, 6.07) is -1.12. The van der Waals surface area contributed by atoms with E-state index in [0.717, 1.165) is 29.7 Å². The van der Waals surface area contributed by atoms with E-state index >= 15 is 0 Å². The Labute approximate surface area is 387 Å². The molecule has 3 rings (SSSR count). The number of hydrogen-bond acceptors (Lipinski definition) is 12.